The molecule has 5 nitrogen and oxygen atoms in total. The Morgan fingerprint density at radius 3 is 2.23 bits per heavy atom. The van der Waals surface area contributed by atoms with Crippen LogP contribution in [0.3, 0.4) is 0 Å². The molecule has 5 heteroatoms. The first kappa shape index (κ1) is 9.18. The Balaban J connectivity index is 3.03. The number of hydrogen-bond donors (Lipinski definition) is 2. The van der Waals surface area contributed by atoms with Crippen molar-refractivity contribution in [2.45, 2.75) is 5.92 Å². The summed E-state index contributed by atoms with van der Waals surface area (Å²) in [6.07, 6.45) is 1.36. The molecule has 1 aromatic heterocycles. The van der Waals surface area contributed by atoms with E-state index in [-0.39, 0.29) is 5.69 Å². The highest BCUT2D eigenvalue weighted by Crippen LogP contribution is 2.12. The maximum Gasteiger partial charge on any atom is 0.324 e. The van der Waals surface area contributed by atoms with Crippen molar-refractivity contribution in [1.82, 2.24) is 4.98 Å². The van der Waals surface area contributed by atoms with Gasteiger partial charge < -0.3 is 10.2 Å². The highest BCUT2D eigenvalue weighted by Gasteiger charge is 2.28. The molecule has 0 aliphatic rings. The van der Waals surface area contributed by atoms with Gasteiger partial charge in [0.1, 0.15) is 0 Å². The van der Waals surface area contributed by atoms with Crippen LogP contribution in [0.5, 0.6) is 0 Å². The minimum Gasteiger partial charge on any atom is -0.480 e. The predicted molar refractivity (Wildman–Crippen MR) is 42.2 cm³/mol. The molecule has 0 saturated heterocycles. The van der Waals surface area contributed by atoms with Crippen LogP contribution >= 0.6 is 0 Å². The standard InChI is InChI=1S/C8H7NO4/c10-7(11)6(8(12)13)5-3-1-2-4-9-5/h1-4,6H,(H,10,11)(H,12,13). The van der Waals surface area contributed by atoms with Crippen LogP contribution in [0.25, 0.3) is 0 Å². The third-order valence-corrected chi connectivity index (χ3v) is 1.48. The Labute approximate surface area is 73.7 Å². The van der Waals surface area contributed by atoms with Crippen LogP contribution in [0.15, 0.2) is 24.4 Å². The maximum absolute atomic E-state index is 10.5. The molecule has 0 atom stereocenters. The Morgan fingerprint density at radius 2 is 1.85 bits per heavy atom. The summed E-state index contributed by atoms with van der Waals surface area (Å²) in [4.78, 5) is 24.7. The van der Waals surface area contributed by atoms with Crippen molar-refractivity contribution >= 4 is 11.9 Å². The van der Waals surface area contributed by atoms with Gasteiger partial charge in [0.2, 0.25) is 0 Å². The summed E-state index contributed by atoms with van der Waals surface area (Å²) in [5.74, 6) is -4.40. The fourth-order valence-electron chi connectivity index (χ4n) is 0.905. The molecule has 0 unspecified atom stereocenters. The zero-order chi connectivity index (χ0) is 9.84. The van der Waals surface area contributed by atoms with E-state index >= 15 is 0 Å². The van der Waals surface area contributed by atoms with Crippen LogP contribution in [0.4, 0.5) is 0 Å². The van der Waals surface area contributed by atoms with Gasteiger partial charge in [0.25, 0.3) is 0 Å². The molecule has 1 aromatic rings. The fraction of sp³-hybridized carbons (Fsp3) is 0.125. The van der Waals surface area contributed by atoms with Crippen molar-refractivity contribution in [3.8, 4) is 0 Å². The zero-order valence-electron chi connectivity index (χ0n) is 6.54. The van der Waals surface area contributed by atoms with Gasteiger partial charge in [-0.25, -0.2) is 0 Å². The minimum atomic E-state index is -1.58. The molecule has 0 aromatic carbocycles. The quantitative estimate of drug-likeness (QED) is 0.656. The first-order valence-electron chi connectivity index (χ1n) is 3.49. The summed E-state index contributed by atoms with van der Waals surface area (Å²) in [7, 11) is 0. The average molecular weight is 181 g/mol. The van der Waals surface area contributed by atoms with Gasteiger partial charge in [0.15, 0.2) is 5.92 Å². The van der Waals surface area contributed by atoms with Gasteiger partial charge in [0.05, 0.1) is 5.69 Å². The fourth-order valence-corrected chi connectivity index (χ4v) is 0.905. The number of rotatable bonds is 3. The molecule has 68 valence electrons. The molecule has 0 spiro atoms. The van der Waals surface area contributed by atoms with E-state index in [9.17, 15) is 9.59 Å². The molecule has 0 aliphatic carbocycles. The number of carboxylic acid groups (broad SMARTS) is 2. The highest BCUT2D eigenvalue weighted by atomic mass is 16.4. The predicted octanol–water partition coefficient (Wildman–Crippen LogP) is 0.334. The van der Waals surface area contributed by atoms with E-state index in [1.165, 1.54) is 12.3 Å². The van der Waals surface area contributed by atoms with Crippen molar-refractivity contribution in [2.24, 2.45) is 0 Å². The number of carbonyl (C=O) groups is 2. The zero-order valence-corrected chi connectivity index (χ0v) is 6.54. The summed E-state index contributed by atoms with van der Waals surface area (Å²) in [5, 5.41) is 17.2. The Morgan fingerprint density at radius 1 is 1.23 bits per heavy atom. The Bertz CT molecular complexity index is 308. The topological polar surface area (TPSA) is 87.5 Å². The van der Waals surface area contributed by atoms with Gasteiger partial charge in [-0.15, -0.1) is 0 Å². The van der Waals surface area contributed by atoms with Crippen molar-refractivity contribution in [1.29, 1.82) is 0 Å². The van der Waals surface area contributed by atoms with E-state index in [1.807, 2.05) is 0 Å². The largest absolute Gasteiger partial charge is 0.480 e. The second kappa shape index (κ2) is 3.66. The summed E-state index contributed by atoms with van der Waals surface area (Å²) >= 11 is 0. The smallest absolute Gasteiger partial charge is 0.324 e. The normalized spacial score (nSPS) is 9.92. The Kier molecular flexibility index (Phi) is 2.59. The lowest BCUT2D eigenvalue weighted by Gasteiger charge is -2.04. The summed E-state index contributed by atoms with van der Waals surface area (Å²) in [6, 6.07) is 4.50. The number of aliphatic carboxylic acids is 2. The molecule has 0 radical (unpaired) electrons. The van der Waals surface area contributed by atoms with Crippen LogP contribution in [0.1, 0.15) is 11.6 Å². The lowest BCUT2D eigenvalue weighted by Crippen LogP contribution is -2.21. The van der Waals surface area contributed by atoms with E-state index in [2.05, 4.69) is 4.98 Å². The lowest BCUT2D eigenvalue weighted by molar-refractivity contribution is -0.150. The number of pyridine rings is 1. The minimum absolute atomic E-state index is 0.0301. The Hall–Kier alpha value is -1.91. The molecular formula is C8H7NO4. The van der Waals surface area contributed by atoms with Crippen LogP contribution in [0.2, 0.25) is 0 Å². The second-order valence-electron chi connectivity index (χ2n) is 2.36. The van der Waals surface area contributed by atoms with Crippen molar-refractivity contribution in [2.75, 3.05) is 0 Å². The SMILES string of the molecule is O=C(O)C(C(=O)O)c1ccccn1. The monoisotopic (exact) mass is 181 g/mol. The first-order chi connectivity index (χ1) is 6.13. The van der Waals surface area contributed by atoms with Crippen LogP contribution < -0.4 is 0 Å². The first-order valence-corrected chi connectivity index (χ1v) is 3.49. The van der Waals surface area contributed by atoms with Gasteiger partial charge in [-0.3, -0.25) is 14.6 Å². The highest BCUT2D eigenvalue weighted by molar-refractivity contribution is 5.98. The van der Waals surface area contributed by atoms with Crippen molar-refractivity contribution in [3.63, 3.8) is 0 Å². The van der Waals surface area contributed by atoms with Crippen molar-refractivity contribution < 1.29 is 19.8 Å². The van der Waals surface area contributed by atoms with E-state index in [0.717, 1.165) is 0 Å². The van der Waals surface area contributed by atoms with Gasteiger partial charge >= 0.3 is 11.9 Å². The molecular weight excluding hydrogens is 174 g/mol. The molecule has 13 heavy (non-hydrogen) atoms. The molecule has 0 fully saturated rings. The van der Waals surface area contributed by atoms with E-state index in [0.29, 0.717) is 0 Å². The number of nitrogens with zero attached hydrogens (tertiary/aromatic N) is 1. The number of carboxylic acids is 2. The van der Waals surface area contributed by atoms with Crippen LogP contribution in [0, 0.1) is 0 Å². The van der Waals surface area contributed by atoms with E-state index < -0.39 is 17.9 Å². The second-order valence-corrected chi connectivity index (χ2v) is 2.36. The molecule has 0 bridgehead atoms. The van der Waals surface area contributed by atoms with Gasteiger partial charge in [-0.2, -0.15) is 0 Å². The lowest BCUT2D eigenvalue weighted by atomic mass is 10.1. The number of hydrogen-bond acceptors (Lipinski definition) is 3. The molecule has 0 saturated carbocycles. The molecule has 0 aliphatic heterocycles. The molecule has 1 rings (SSSR count). The van der Waals surface area contributed by atoms with Crippen LogP contribution in [-0.4, -0.2) is 27.1 Å². The summed E-state index contributed by atoms with van der Waals surface area (Å²) in [6.45, 7) is 0. The molecule has 0 amide bonds. The van der Waals surface area contributed by atoms with Crippen molar-refractivity contribution in [3.05, 3.63) is 30.1 Å². The molecule has 2 N–H and O–H groups in total. The third-order valence-electron chi connectivity index (χ3n) is 1.48. The van der Waals surface area contributed by atoms with E-state index in [1.54, 1.807) is 12.1 Å². The number of aromatic nitrogens is 1. The average Bonchev–Trinajstić information content (AvgIpc) is 2.04. The maximum atomic E-state index is 10.5. The summed E-state index contributed by atoms with van der Waals surface area (Å²) in [5.41, 5.74) is 0.0301. The third kappa shape index (κ3) is 2.02. The summed E-state index contributed by atoms with van der Waals surface area (Å²) < 4.78 is 0. The van der Waals surface area contributed by atoms with Crippen LogP contribution in [-0.2, 0) is 9.59 Å². The molecule has 1 heterocycles. The van der Waals surface area contributed by atoms with Gasteiger partial charge in [-0.1, -0.05) is 6.07 Å². The van der Waals surface area contributed by atoms with E-state index in [4.69, 9.17) is 10.2 Å². The van der Waals surface area contributed by atoms with Gasteiger partial charge in [0, 0.05) is 6.20 Å². The van der Waals surface area contributed by atoms with Gasteiger partial charge in [-0.05, 0) is 12.1 Å².